The lowest BCUT2D eigenvalue weighted by Gasteiger charge is -2.12. The first kappa shape index (κ1) is 18.7. The second-order valence-corrected chi connectivity index (χ2v) is 6.93. The molecular weight excluding hydrogens is 376 g/mol. The Morgan fingerprint density at radius 2 is 1.85 bits per heavy atom. The van der Waals surface area contributed by atoms with Gasteiger partial charge in [-0.1, -0.05) is 35.9 Å². The van der Waals surface area contributed by atoms with Gasteiger partial charge in [-0.3, -0.25) is 0 Å². The number of nitrogens with zero attached hydrogens (tertiary/aromatic N) is 1. The van der Waals surface area contributed by atoms with Crippen LogP contribution in [0.2, 0.25) is 5.02 Å². The van der Waals surface area contributed by atoms with Crippen molar-refractivity contribution in [1.82, 2.24) is 4.98 Å². The number of hydrogen-bond acceptors (Lipinski definition) is 3. The van der Waals surface area contributed by atoms with Gasteiger partial charge in [0.1, 0.15) is 0 Å². The van der Waals surface area contributed by atoms with Crippen molar-refractivity contribution in [3.05, 3.63) is 76.9 Å². The number of aromatic nitrogens is 1. The Morgan fingerprint density at radius 3 is 2.50 bits per heavy atom. The average molecular weight is 392 g/mol. The fraction of sp³-hybridized carbons (Fsp3) is 0.150. The zero-order valence-electron chi connectivity index (χ0n) is 14.0. The van der Waals surface area contributed by atoms with Crippen molar-refractivity contribution in [2.24, 2.45) is 0 Å². The predicted octanol–water partition coefficient (Wildman–Crippen LogP) is 6.32. The minimum atomic E-state index is -2.94. The molecule has 6 heteroatoms. The molecule has 0 N–H and O–H groups in total. The quantitative estimate of drug-likeness (QED) is 0.459. The van der Waals surface area contributed by atoms with E-state index in [2.05, 4.69) is 34.0 Å². The summed E-state index contributed by atoms with van der Waals surface area (Å²) >= 11 is 7.72. The van der Waals surface area contributed by atoms with Crippen molar-refractivity contribution >= 4 is 23.4 Å². The Morgan fingerprint density at radius 1 is 1.08 bits per heavy atom. The van der Waals surface area contributed by atoms with Gasteiger partial charge >= 0.3 is 6.61 Å². The summed E-state index contributed by atoms with van der Waals surface area (Å²) < 4.78 is 30.0. The Labute approximate surface area is 160 Å². The summed E-state index contributed by atoms with van der Waals surface area (Å²) in [5.74, 6) is -0.108. The maximum atomic E-state index is 12.7. The summed E-state index contributed by atoms with van der Waals surface area (Å²) in [5, 5.41) is 0.517. The van der Waals surface area contributed by atoms with E-state index in [0.717, 1.165) is 11.1 Å². The third-order valence-corrected chi connectivity index (χ3v) is 4.79. The first-order valence-electron chi connectivity index (χ1n) is 7.88. The van der Waals surface area contributed by atoms with Crippen LogP contribution in [-0.2, 0) is 6.42 Å². The number of halogens is 3. The predicted molar refractivity (Wildman–Crippen MR) is 102 cm³/mol. The van der Waals surface area contributed by atoms with Gasteiger partial charge < -0.3 is 4.74 Å². The lowest BCUT2D eigenvalue weighted by atomic mass is 10.0. The Hall–Kier alpha value is -2.11. The number of thioether (sulfide) groups is 1. The summed E-state index contributed by atoms with van der Waals surface area (Å²) in [6, 6.07) is 17.0. The van der Waals surface area contributed by atoms with E-state index in [1.165, 1.54) is 4.90 Å². The molecule has 0 spiro atoms. The Kier molecular flexibility index (Phi) is 6.12. The summed E-state index contributed by atoms with van der Waals surface area (Å²) in [7, 11) is 0. The zero-order valence-corrected chi connectivity index (χ0v) is 15.5. The van der Waals surface area contributed by atoms with Crippen LogP contribution in [-0.4, -0.2) is 17.9 Å². The van der Waals surface area contributed by atoms with E-state index in [1.54, 1.807) is 42.2 Å². The van der Waals surface area contributed by atoms with Gasteiger partial charge in [-0.15, -0.1) is 11.8 Å². The molecule has 0 aliphatic rings. The molecular formula is C20H16ClF2NOS. The molecule has 26 heavy (non-hydrogen) atoms. The highest BCUT2D eigenvalue weighted by molar-refractivity contribution is 7.98. The number of pyridine rings is 1. The first-order valence-corrected chi connectivity index (χ1v) is 9.48. The first-order chi connectivity index (χ1) is 12.5. The van der Waals surface area contributed by atoms with Gasteiger partial charge in [-0.25, -0.2) is 4.98 Å². The molecule has 0 saturated carbocycles. The molecule has 0 aliphatic heterocycles. The molecule has 0 aliphatic carbocycles. The maximum absolute atomic E-state index is 12.7. The second-order valence-electron chi connectivity index (χ2n) is 5.61. The lowest BCUT2D eigenvalue weighted by Crippen LogP contribution is -2.05. The number of hydrogen-bond donors (Lipinski definition) is 0. The molecule has 0 bridgehead atoms. The third kappa shape index (κ3) is 4.74. The molecule has 0 fully saturated rings. The Balaban J connectivity index is 1.95. The van der Waals surface area contributed by atoms with Gasteiger partial charge in [0.15, 0.2) is 0 Å². The van der Waals surface area contributed by atoms with Crippen molar-refractivity contribution in [2.75, 3.05) is 6.26 Å². The standard InChI is InChI=1S/C20H16ClF2NOS/c1-26-17-7-5-13(6-8-17)9-14-10-18(15-3-2-4-16(21)11-15)19(24-12-14)25-20(22)23/h2-8,10-12,20H,9H2,1H3. The number of alkyl halides is 2. The minimum Gasteiger partial charge on any atom is -0.416 e. The van der Waals surface area contributed by atoms with Crippen molar-refractivity contribution in [2.45, 2.75) is 17.9 Å². The third-order valence-electron chi connectivity index (χ3n) is 3.81. The number of benzene rings is 2. The molecule has 3 rings (SSSR count). The minimum absolute atomic E-state index is 0.108. The topological polar surface area (TPSA) is 22.1 Å². The Bertz CT molecular complexity index is 887. The van der Waals surface area contributed by atoms with E-state index < -0.39 is 6.61 Å². The molecule has 3 aromatic rings. The molecule has 2 aromatic carbocycles. The summed E-state index contributed by atoms with van der Waals surface area (Å²) in [6.45, 7) is -2.94. The van der Waals surface area contributed by atoms with Crippen LogP contribution in [0.1, 0.15) is 11.1 Å². The lowest BCUT2D eigenvalue weighted by molar-refractivity contribution is -0.0524. The van der Waals surface area contributed by atoms with Gasteiger partial charge in [-0.2, -0.15) is 8.78 Å². The van der Waals surface area contributed by atoms with Crippen molar-refractivity contribution in [1.29, 1.82) is 0 Å². The van der Waals surface area contributed by atoms with Crippen molar-refractivity contribution < 1.29 is 13.5 Å². The van der Waals surface area contributed by atoms with Crippen LogP contribution in [0.25, 0.3) is 11.1 Å². The number of rotatable bonds is 6. The summed E-state index contributed by atoms with van der Waals surface area (Å²) in [5.41, 5.74) is 3.19. The zero-order chi connectivity index (χ0) is 18.5. The van der Waals surface area contributed by atoms with Crippen LogP contribution in [0.15, 0.2) is 65.7 Å². The van der Waals surface area contributed by atoms with Crippen LogP contribution < -0.4 is 4.74 Å². The fourth-order valence-electron chi connectivity index (χ4n) is 2.61. The molecule has 1 aromatic heterocycles. The van der Waals surface area contributed by atoms with Gasteiger partial charge in [0.25, 0.3) is 0 Å². The van der Waals surface area contributed by atoms with E-state index in [9.17, 15) is 8.78 Å². The van der Waals surface area contributed by atoms with Crippen LogP contribution in [0.3, 0.4) is 0 Å². The molecule has 134 valence electrons. The number of ether oxygens (including phenoxy) is 1. The SMILES string of the molecule is CSc1ccc(Cc2cnc(OC(F)F)c(-c3cccc(Cl)c3)c2)cc1. The van der Waals surface area contributed by atoms with E-state index in [-0.39, 0.29) is 5.88 Å². The largest absolute Gasteiger partial charge is 0.416 e. The van der Waals surface area contributed by atoms with Crippen LogP contribution >= 0.6 is 23.4 Å². The van der Waals surface area contributed by atoms with Gasteiger partial charge in [0, 0.05) is 21.7 Å². The van der Waals surface area contributed by atoms with Crippen molar-refractivity contribution in [3.63, 3.8) is 0 Å². The highest BCUT2D eigenvalue weighted by atomic mass is 35.5. The van der Waals surface area contributed by atoms with E-state index >= 15 is 0 Å². The van der Waals surface area contributed by atoms with E-state index in [0.29, 0.717) is 22.6 Å². The molecule has 0 saturated heterocycles. The highest BCUT2D eigenvalue weighted by Crippen LogP contribution is 2.32. The van der Waals surface area contributed by atoms with Gasteiger partial charge in [0.05, 0.1) is 0 Å². The molecule has 0 atom stereocenters. The maximum Gasteiger partial charge on any atom is 0.388 e. The van der Waals surface area contributed by atoms with Crippen molar-refractivity contribution in [3.8, 4) is 17.0 Å². The molecule has 2 nitrogen and oxygen atoms in total. The average Bonchev–Trinajstić information content (AvgIpc) is 2.63. The monoisotopic (exact) mass is 391 g/mol. The van der Waals surface area contributed by atoms with Gasteiger partial charge in [-0.05, 0) is 59.7 Å². The van der Waals surface area contributed by atoms with Crippen LogP contribution in [0, 0.1) is 0 Å². The summed E-state index contributed by atoms with van der Waals surface area (Å²) in [4.78, 5) is 5.29. The fourth-order valence-corrected chi connectivity index (χ4v) is 3.21. The second kappa shape index (κ2) is 8.52. The smallest absolute Gasteiger partial charge is 0.388 e. The van der Waals surface area contributed by atoms with E-state index in [1.807, 2.05) is 12.3 Å². The van der Waals surface area contributed by atoms with Crippen LogP contribution in [0.4, 0.5) is 8.78 Å². The highest BCUT2D eigenvalue weighted by Gasteiger charge is 2.14. The molecule has 0 radical (unpaired) electrons. The van der Waals surface area contributed by atoms with E-state index in [4.69, 9.17) is 11.6 Å². The summed E-state index contributed by atoms with van der Waals surface area (Å²) in [6.07, 6.45) is 4.23. The van der Waals surface area contributed by atoms with Crippen LogP contribution in [0.5, 0.6) is 5.88 Å². The molecule has 0 unspecified atom stereocenters. The van der Waals surface area contributed by atoms with Gasteiger partial charge in [0.2, 0.25) is 5.88 Å². The molecule has 1 heterocycles. The molecule has 0 amide bonds. The normalized spacial score (nSPS) is 11.0.